The van der Waals surface area contributed by atoms with E-state index in [2.05, 4.69) is 4.40 Å². The molecule has 0 fully saturated rings. The number of fused-ring (bicyclic) bond motifs is 1. The summed E-state index contributed by atoms with van der Waals surface area (Å²) in [5, 5.41) is 0.898. The fourth-order valence-electron chi connectivity index (χ4n) is 3.65. The predicted octanol–water partition coefficient (Wildman–Crippen LogP) is 5.46. The van der Waals surface area contributed by atoms with Gasteiger partial charge in [-0.15, -0.1) is 0 Å². The number of furan rings is 1. The monoisotopic (exact) mass is 522 g/mol. The molecule has 2 aromatic carbocycles. The second-order valence-corrected chi connectivity index (χ2v) is 11.9. The summed E-state index contributed by atoms with van der Waals surface area (Å²) in [6.07, 6.45) is 6.72. The van der Waals surface area contributed by atoms with E-state index in [4.69, 9.17) is 13.9 Å². The zero-order valence-electron chi connectivity index (χ0n) is 21.3. The number of para-hydroxylation sites is 1. The molecule has 4 aromatic rings. The molecule has 2 aromatic heterocycles. The Morgan fingerprint density at radius 1 is 1.14 bits per heavy atom. The number of aromatic nitrogens is 1. The van der Waals surface area contributed by atoms with E-state index in [0.29, 0.717) is 23.5 Å². The van der Waals surface area contributed by atoms with Crippen molar-refractivity contribution in [3.63, 3.8) is 0 Å². The van der Waals surface area contributed by atoms with E-state index in [9.17, 15) is 13.2 Å². The fourth-order valence-corrected chi connectivity index (χ4v) is 4.22. The van der Waals surface area contributed by atoms with E-state index in [1.54, 1.807) is 46.2 Å². The van der Waals surface area contributed by atoms with Crippen LogP contribution in [0.25, 0.3) is 16.7 Å². The van der Waals surface area contributed by atoms with Crippen molar-refractivity contribution >= 4 is 33.2 Å². The molecule has 0 atom stereocenters. The number of rotatable bonds is 9. The van der Waals surface area contributed by atoms with Gasteiger partial charge >= 0.3 is 5.97 Å². The summed E-state index contributed by atoms with van der Waals surface area (Å²) in [7, 11) is -3.64. The molecule has 2 heterocycles. The van der Waals surface area contributed by atoms with Crippen molar-refractivity contribution in [2.24, 2.45) is 4.40 Å². The number of nitrogens with zero attached hydrogens (tertiary/aromatic N) is 2. The number of benzene rings is 2. The maximum atomic E-state index is 12.3. The zero-order valence-corrected chi connectivity index (χ0v) is 22.1. The molecule has 9 heteroatoms. The lowest BCUT2D eigenvalue weighted by atomic mass is 10.1. The summed E-state index contributed by atoms with van der Waals surface area (Å²) in [5.74, 6) is 0.312. The summed E-state index contributed by atoms with van der Waals surface area (Å²) in [6, 6.07) is 15.0. The molecule has 0 aliphatic carbocycles. The summed E-state index contributed by atoms with van der Waals surface area (Å²) in [6.45, 7) is 7.21. The third kappa shape index (κ3) is 6.11. The Balaban J connectivity index is 1.58. The third-order valence-electron chi connectivity index (χ3n) is 5.71. The molecule has 0 unspecified atom stereocenters. The molecule has 194 valence electrons. The number of hydrogen-bond donors (Lipinski definition) is 0. The van der Waals surface area contributed by atoms with Crippen molar-refractivity contribution < 1.29 is 27.1 Å². The molecular weight excluding hydrogens is 492 g/mol. The summed E-state index contributed by atoms with van der Waals surface area (Å²) >= 11 is 0. The molecule has 0 aliphatic heterocycles. The third-order valence-corrected chi connectivity index (χ3v) is 7.64. The summed E-state index contributed by atoms with van der Waals surface area (Å²) in [5.41, 5.74) is 3.76. The summed E-state index contributed by atoms with van der Waals surface area (Å²) < 4.78 is 46.3. The van der Waals surface area contributed by atoms with Crippen LogP contribution in [0, 0.1) is 0 Å². The standard InChI is InChI=1S/C28H30N2O6S/c1-5-34-26(31)16-22-8-6-7-9-25(22)36-19-21-14-23-11-13-35-27(23)24(15-21)30-12-10-20(18-30)17-29-37(32,33)28(2,3)4/h6-15,17-18H,5,16,19H2,1-4H3. The SMILES string of the molecule is CCOC(=O)Cc1ccccc1OCc1cc(-n2ccc(C=NS(=O)(=O)C(C)(C)C)c2)c2occc2c1. The highest BCUT2D eigenvalue weighted by Crippen LogP contribution is 2.28. The Kier molecular flexibility index (Phi) is 7.54. The first-order chi connectivity index (χ1) is 17.6. The van der Waals surface area contributed by atoms with Crippen LogP contribution >= 0.6 is 0 Å². The van der Waals surface area contributed by atoms with Crippen molar-refractivity contribution in [3.05, 3.63) is 83.9 Å². The molecule has 37 heavy (non-hydrogen) atoms. The molecule has 0 N–H and O–H groups in total. The second-order valence-electron chi connectivity index (χ2n) is 9.51. The first-order valence-electron chi connectivity index (χ1n) is 11.9. The number of hydrogen-bond acceptors (Lipinski definition) is 6. The highest BCUT2D eigenvalue weighted by Gasteiger charge is 2.27. The van der Waals surface area contributed by atoms with Crippen molar-refractivity contribution in [1.29, 1.82) is 0 Å². The van der Waals surface area contributed by atoms with Crippen LogP contribution in [0.15, 0.2) is 76.0 Å². The van der Waals surface area contributed by atoms with Crippen LogP contribution in [0.2, 0.25) is 0 Å². The second kappa shape index (κ2) is 10.6. The molecule has 0 radical (unpaired) electrons. The Morgan fingerprint density at radius 3 is 2.68 bits per heavy atom. The molecular formula is C28H30N2O6S. The van der Waals surface area contributed by atoms with Gasteiger partial charge in [0.1, 0.15) is 12.4 Å². The largest absolute Gasteiger partial charge is 0.489 e. The van der Waals surface area contributed by atoms with Crippen molar-refractivity contribution in [2.45, 2.75) is 45.5 Å². The van der Waals surface area contributed by atoms with Gasteiger partial charge in [0.25, 0.3) is 10.0 Å². The van der Waals surface area contributed by atoms with E-state index in [1.807, 2.05) is 53.2 Å². The minimum Gasteiger partial charge on any atom is -0.489 e. The van der Waals surface area contributed by atoms with Crippen LogP contribution in [0.4, 0.5) is 0 Å². The van der Waals surface area contributed by atoms with Crippen LogP contribution in [-0.2, 0) is 32.6 Å². The van der Waals surface area contributed by atoms with Gasteiger partial charge in [-0.1, -0.05) is 18.2 Å². The van der Waals surface area contributed by atoms with Crippen LogP contribution in [-0.4, -0.2) is 36.5 Å². The minimum absolute atomic E-state index is 0.134. The van der Waals surface area contributed by atoms with Crippen molar-refractivity contribution in [2.75, 3.05) is 6.61 Å². The lowest BCUT2D eigenvalue weighted by Crippen LogP contribution is -2.25. The van der Waals surface area contributed by atoms with Crippen LogP contribution in [0.1, 0.15) is 44.4 Å². The number of ether oxygens (including phenoxy) is 2. The number of sulfonamides is 1. The molecule has 0 saturated heterocycles. The van der Waals surface area contributed by atoms with E-state index in [0.717, 1.165) is 22.2 Å². The molecule has 0 saturated carbocycles. The topological polar surface area (TPSA) is 100 Å². The molecule has 8 nitrogen and oxygen atoms in total. The first-order valence-corrected chi connectivity index (χ1v) is 13.4. The van der Waals surface area contributed by atoms with Gasteiger partial charge in [0.15, 0.2) is 5.58 Å². The normalized spacial score (nSPS) is 12.3. The lowest BCUT2D eigenvalue weighted by Gasteiger charge is -2.14. The number of carbonyl (C=O) groups excluding carboxylic acids is 1. The van der Waals surface area contributed by atoms with Gasteiger partial charge in [-0.25, -0.2) is 8.42 Å². The average Bonchev–Trinajstić information content (AvgIpc) is 3.51. The smallest absolute Gasteiger partial charge is 0.310 e. The van der Waals surface area contributed by atoms with E-state index in [1.165, 1.54) is 6.21 Å². The molecule has 0 aliphatic rings. The maximum absolute atomic E-state index is 12.3. The van der Waals surface area contributed by atoms with Gasteiger partial charge < -0.3 is 18.5 Å². The lowest BCUT2D eigenvalue weighted by molar-refractivity contribution is -0.142. The zero-order chi connectivity index (χ0) is 26.6. The van der Waals surface area contributed by atoms with E-state index < -0.39 is 14.8 Å². The minimum atomic E-state index is -3.64. The van der Waals surface area contributed by atoms with Gasteiger partial charge in [-0.2, -0.15) is 4.40 Å². The molecule has 0 bridgehead atoms. The number of esters is 1. The Labute approximate surface area is 216 Å². The van der Waals surface area contributed by atoms with Crippen molar-refractivity contribution in [1.82, 2.24) is 4.57 Å². The van der Waals surface area contributed by atoms with Gasteiger partial charge in [0.2, 0.25) is 0 Å². The van der Waals surface area contributed by atoms with Gasteiger partial charge in [-0.05, 0) is 63.6 Å². The average molecular weight is 523 g/mol. The summed E-state index contributed by atoms with van der Waals surface area (Å²) in [4.78, 5) is 12.0. The Hall–Kier alpha value is -3.85. The highest BCUT2D eigenvalue weighted by atomic mass is 32.2. The molecule has 0 spiro atoms. The fraction of sp³-hybridized carbons (Fsp3) is 0.286. The Bertz CT molecular complexity index is 1540. The van der Waals surface area contributed by atoms with Gasteiger partial charge in [-0.3, -0.25) is 4.79 Å². The number of carbonyl (C=O) groups is 1. The highest BCUT2D eigenvalue weighted by molar-refractivity contribution is 7.91. The van der Waals surface area contributed by atoms with Gasteiger partial charge in [0, 0.05) is 35.1 Å². The quantitative estimate of drug-likeness (QED) is 0.214. The van der Waals surface area contributed by atoms with E-state index >= 15 is 0 Å². The van der Waals surface area contributed by atoms with E-state index in [-0.39, 0.29) is 19.0 Å². The molecule has 0 amide bonds. The Morgan fingerprint density at radius 2 is 1.92 bits per heavy atom. The van der Waals surface area contributed by atoms with Crippen molar-refractivity contribution in [3.8, 4) is 11.4 Å². The van der Waals surface area contributed by atoms with Crippen LogP contribution in [0.5, 0.6) is 5.75 Å². The maximum Gasteiger partial charge on any atom is 0.310 e. The first kappa shape index (κ1) is 26.2. The molecule has 4 rings (SSSR count). The van der Waals surface area contributed by atoms with Crippen LogP contribution < -0.4 is 4.74 Å². The van der Waals surface area contributed by atoms with Crippen LogP contribution in [0.3, 0.4) is 0 Å². The van der Waals surface area contributed by atoms with Gasteiger partial charge in [0.05, 0.1) is 29.7 Å². The predicted molar refractivity (Wildman–Crippen MR) is 143 cm³/mol.